The molecule has 0 spiro atoms. The lowest BCUT2D eigenvalue weighted by Crippen LogP contribution is -2.49. The predicted molar refractivity (Wildman–Crippen MR) is 113 cm³/mol. The average molecular weight is 446 g/mol. The number of ether oxygens (including phenoxy) is 1. The molecule has 1 saturated heterocycles. The lowest BCUT2D eigenvalue weighted by molar-refractivity contribution is -0.132. The SMILES string of the molecule is NC(C(=O)N1CCSC1)C1CCC(NC(=O)OCc2ccc(Cl)c(Cl)c2)CC1. The number of rotatable bonds is 5. The minimum absolute atomic E-state index is 0.0437. The lowest BCUT2D eigenvalue weighted by atomic mass is 9.81. The number of halogens is 2. The van der Waals surface area contributed by atoms with Crippen LogP contribution < -0.4 is 11.1 Å². The molecule has 0 aromatic heterocycles. The van der Waals surface area contributed by atoms with Gasteiger partial charge in [-0.1, -0.05) is 29.3 Å². The van der Waals surface area contributed by atoms with Crippen molar-refractivity contribution in [3.8, 4) is 0 Å². The number of nitrogens with one attached hydrogen (secondary N) is 1. The zero-order chi connectivity index (χ0) is 20.1. The van der Waals surface area contributed by atoms with Crippen molar-refractivity contribution < 1.29 is 14.3 Å². The second kappa shape index (κ2) is 10.1. The standard InChI is InChI=1S/C19H25Cl2N3O3S/c20-15-6-1-12(9-16(15)21)10-27-19(26)23-14-4-2-13(3-5-14)17(22)18(25)24-7-8-28-11-24/h1,6,9,13-14,17H,2-5,7-8,10-11,22H2,(H,23,26). The first kappa shape index (κ1) is 21.6. The largest absolute Gasteiger partial charge is 0.445 e. The number of amides is 2. The monoisotopic (exact) mass is 445 g/mol. The highest BCUT2D eigenvalue weighted by atomic mass is 35.5. The van der Waals surface area contributed by atoms with Crippen LogP contribution in [-0.4, -0.2) is 47.2 Å². The van der Waals surface area contributed by atoms with Crippen LogP contribution >= 0.6 is 35.0 Å². The summed E-state index contributed by atoms with van der Waals surface area (Å²) >= 11 is 13.6. The van der Waals surface area contributed by atoms with Gasteiger partial charge in [-0.2, -0.15) is 0 Å². The van der Waals surface area contributed by atoms with Gasteiger partial charge >= 0.3 is 6.09 Å². The van der Waals surface area contributed by atoms with E-state index in [2.05, 4.69) is 5.32 Å². The molecule has 1 saturated carbocycles. The normalized spacial score (nSPS) is 23.3. The molecule has 1 atom stereocenters. The van der Waals surface area contributed by atoms with E-state index in [-0.39, 0.29) is 24.5 Å². The van der Waals surface area contributed by atoms with Crippen molar-refractivity contribution in [2.45, 2.75) is 44.4 Å². The summed E-state index contributed by atoms with van der Waals surface area (Å²) in [5.74, 6) is 1.96. The van der Waals surface area contributed by atoms with Crippen molar-refractivity contribution in [2.75, 3.05) is 18.2 Å². The van der Waals surface area contributed by atoms with Crippen molar-refractivity contribution in [3.05, 3.63) is 33.8 Å². The van der Waals surface area contributed by atoms with Crippen molar-refractivity contribution >= 4 is 47.0 Å². The molecule has 2 amide bonds. The highest BCUT2D eigenvalue weighted by Crippen LogP contribution is 2.28. The molecule has 3 rings (SSSR count). The predicted octanol–water partition coefficient (Wildman–Crippen LogP) is 3.64. The van der Waals surface area contributed by atoms with Crippen LogP contribution in [0.25, 0.3) is 0 Å². The number of thioether (sulfide) groups is 1. The van der Waals surface area contributed by atoms with E-state index >= 15 is 0 Å². The molecule has 0 radical (unpaired) electrons. The number of hydrogen-bond donors (Lipinski definition) is 2. The fraction of sp³-hybridized carbons (Fsp3) is 0.579. The van der Waals surface area contributed by atoms with Crippen LogP contribution in [0, 0.1) is 5.92 Å². The van der Waals surface area contributed by atoms with E-state index in [1.165, 1.54) is 0 Å². The van der Waals surface area contributed by atoms with E-state index in [0.29, 0.717) is 10.0 Å². The number of alkyl carbamates (subject to hydrolysis) is 1. The van der Waals surface area contributed by atoms with Crippen molar-refractivity contribution in [1.29, 1.82) is 0 Å². The Hall–Kier alpha value is -1.15. The summed E-state index contributed by atoms with van der Waals surface area (Å²) < 4.78 is 5.27. The van der Waals surface area contributed by atoms with Crippen molar-refractivity contribution in [1.82, 2.24) is 10.2 Å². The quantitative estimate of drug-likeness (QED) is 0.722. The van der Waals surface area contributed by atoms with Crippen LogP contribution in [0.3, 0.4) is 0 Å². The zero-order valence-electron chi connectivity index (χ0n) is 15.5. The third kappa shape index (κ3) is 5.69. The van der Waals surface area contributed by atoms with Crippen LogP contribution in [0.5, 0.6) is 0 Å². The molecule has 9 heteroatoms. The van der Waals surface area contributed by atoms with Gasteiger partial charge in [0.2, 0.25) is 5.91 Å². The van der Waals surface area contributed by atoms with E-state index in [4.69, 9.17) is 33.7 Å². The number of hydrogen-bond acceptors (Lipinski definition) is 5. The van der Waals surface area contributed by atoms with Crippen molar-refractivity contribution in [2.24, 2.45) is 11.7 Å². The van der Waals surface area contributed by atoms with Gasteiger partial charge < -0.3 is 20.7 Å². The number of nitrogens with zero attached hydrogens (tertiary/aromatic N) is 1. The Labute approximate surface area is 179 Å². The van der Waals surface area contributed by atoms with Gasteiger partial charge in [0.25, 0.3) is 0 Å². The molecule has 1 aromatic carbocycles. The third-order valence-electron chi connectivity index (χ3n) is 5.31. The maximum Gasteiger partial charge on any atom is 0.407 e. The Balaban J connectivity index is 1.39. The topological polar surface area (TPSA) is 84.7 Å². The molecule has 3 N–H and O–H groups in total. The van der Waals surface area contributed by atoms with Gasteiger partial charge in [0, 0.05) is 18.3 Å². The average Bonchev–Trinajstić information content (AvgIpc) is 3.23. The van der Waals surface area contributed by atoms with Gasteiger partial charge in [-0.15, -0.1) is 11.8 Å². The van der Waals surface area contributed by atoms with Crippen LogP contribution in [-0.2, 0) is 16.1 Å². The number of benzene rings is 1. The molecule has 154 valence electrons. The molecular formula is C19H25Cl2N3O3S. The molecule has 1 aliphatic heterocycles. The first-order chi connectivity index (χ1) is 13.4. The van der Waals surface area contributed by atoms with Crippen LogP contribution in [0.1, 0.15) is 31.2 Å². The Kier molecular flexibility index (Phi) is 7.74. The summed E-state index contributed by atoms with van der Waals surface area (Å²) in [6.45, 7) is 0.921. The highest BCUT2D eigenvalue weighted by molar-refractivity contribution is 7.99. The van der Waals surface area contributed by atoms with E-state index < -0.39 is 12.1 Å². The Morgan fingerprint density at radius 3 is 2.64 bits per heavy atom. The van der Waals surface area contributed by atoms with Gasteiger partial charge in [-0.05, 0) is 49.3 Å². The number of nitrogens with two attached hydrogens (primary N) is 1. The minimum Gasteiger partial charge on any atom is -0.445 e. The summed E-state index contributed by atoms with van der Waals surface area (Å²) in [6, 6.07) is 4.72. The van der Waals surface area contributed by atoms with Gasteiger partial charge in [-0.3, -0.25) is 4.79 Å². The van der Waals surface area contributed by atoms with E-state index in [0.717, 1.165) is 49.4 Å². The first-order valence-corrected chi connectivity index (χ1v) is 11.3. The number of carbonyl (C=O) groups excluding carboxylic acids is 2. The molecule has 1 aromatic rings. The summed E-state index contributed by atoms with van der Waals surface area (Å²) in [7, 11) is 0. The van der Waals surface area contributed by atoms with E-state index in [1.807, 2.05) is 4.90 Å². The Morgan fingerprint density at radius 2 is 2.00 bits per heavy atom. The van der Waals surface area contributed by atoms with Crippen molar-refractivity contribution in [3.63, 3.8) is 0 Å². The van der Waals surface area contributed by atoms with Crippen LogP contribution in [0.15, 0.2) is 18.2 Å². The summed E-state index contributed by atoms with van der Waals surface area (Å²) in [6.07, 6.45) is 2.78. The lowest BCUT2D eigenvalue weighted by Gasteiger charge is -2.33. The molecule has 28 heavy (non-hydrogen) atoms. The molecule has 1 aliphatic carbocycles. The Bertz CT molecular complexity index is 708. The molecule has 1 heterocycles. The summed E-state index contributed by atoms with van der Waals surface area (Å²) in [5, 5.41) is 3.79. The minimum atomic E-state index is -0.455. The molecule has 1 unspecified atom stereocenters. The summed E-state index contributed by atoms with van der Waals surface area (Å²) in [5.41, 5.74) is 7.00. The smallest absolute Gasteiger partial charge is 0.407 e. The molecule has 2 aliphatic rings. The second-order valence-corrected chi connectivity index (χ2v) is 9.13. The van der Waals surface area contributed by atoms with E-state index in [9.17, 15) is 9.59 Å². The van der Waals surface area contributed by atoms with Gasteiger partial charge in [0.15, 0.2) is 0 Å². The second-order valence-electron chi connectivity index (χ2n) is 7.25. The van der Waals surface area contributed by atoms with Gasteiger partial charge in [0.1, 0.15) is 6.61 Å². The fourth-order valence-corrected chi connectivity index (χ4v) is 4.89. The first-order valence-electron chi connectivity index (χ1n) is 9.43. The molecule has 0 bridgehead atoms. The van der Waals surface area contributed by atoms with Crippen LogP contribution in [0.4, 0.5) is 4.79 Å². The zero-order valence-corrected chi connectivity index (χ0v) is 17.9. The molecule has 2 fully saturated rings. The fourth-order valence-electron chi connectivity index (χ4n) is 3.61. The number of carbonyl (C=O) groups is 2. The van der Waals surface area contributed by atoms with Gasteiger partial charge in [-0.25, -0.2) is 4.79 Å². The highest BCUT2D eigenvalue weighted by Gasteiger charge is 2.33. The summed E-state index contributed by atoms with van der Waals surface area (Å²) in [4.78, 5) is 26.4. The Morgan fingerprint density at radius 1 is 1.25 bits per heavy atom. The van der Waals surface area contributed by atoms with E-state index in [1.54, 1.807) is 30.0 Å². The molecule has 6 nitrogen and oxygen atoms in total. The third-order valence-corrected chi connectivity index (χ3v) is 7.01. The maximum atomic E-state index is 12.4. The maximum absolute atomic E-state index is 12.4. The molecular weight excluding hydrogens is 421 g/mol. The van der Waals surface area contributed by atoms with Crippen LogP contribution in [0.2, 0.25) is 10.0 Å². The van der Waals surface area contributed by atoms with Gasteiger partial charge in [0.05, 0.1) is 22.0 Å².